The zero-order valence-corrected chi connectivity index (χ0v) is 19.1. The largest absolute Gasteiger partial charge is 0.507 e. The minimum absolute atomic E-state index is 0.0362. The summed E-state index contributed by atoms with van der Waals surface area (Å²) in [5, 5.41) is 26.3. The number of aromatic hydroxyl groups is 1. The fraction of sp³-hybridized carbons (Fsp3) is 0.0690. The number of hydrazone groups is 1. The Morgan fingerprint density at radius 2 is 1.86 bits per heavy atom. The molecule has 6 nitrogen and oxygen atoms in total. The lowest BCUT2D eigenvalue weighted by molar-refractivity contribution is 0.0955. The van der Waals surface area contributed by atoms with Crippen molar-refractivity contribution in [3.05, 3.63) is 113 Å². The third-order valence-electron chi connectivity index (χ3n) is 6.17. The molecule has 0 saturated heterocycles. The molecule has 0 atom stereocenters. The molecule has 0 aliphatic carbocycles. The molecule has 4 aromatic carbocycles. The third kappa shape index (κ3) is 4.23. The topological polar surface area (TPSA) is 90.4 Å². The SMILES string of the molecule is Cc1ccc(Cn2ccc3c(/C=N/NC(=O)c4ccc(O)c(C#N)c4)cccc32)c2ccccc12. The summed E-state index contributed by atoms with van der Waals surface area (Å²) in [6.07, 6.45) is 3.67. The molecule has 1 heterocycles. The van der Waals surface area contributed by atoms with Gasteiger partial charge in [0.2, 0.25) is 0 Å². The quantitative estimate of drug-likeness (QED) is 0.269. The predicted octanol–water partition coefficient (Wildman–Crippen LogP) is 5.49. The van der Waals surface area contributed by atoms with Gasteiger partial charge in [0.25, 0.3) is 5.91 Å². The first-order valence-corrected chi connectivity index (χ1v) is 11.2. The van der Waals surface area contributed by atoms with Crippen LogP contribution in [0.4, 0.5) is 0 Å². The number of rotatable bonds is 5. The molecule has 0 unspecified atom stereocenters. The van der Waals surface area contributed by atoms with Crippen molar-refractivity contribution in [1.82, 2.24) is 9.99 Å². The van der Waals surface area contributed by atoms with Crippen LogP contribution in [0.2, 0.25) is 0 Å². The number of hydrogen-bond donors (Lipinski definition) is 2. The molecular formula is C29H22N4O2. The normalized spacial score (nSPS) is 11.2. The number of nitriles is 1. The fourth-order valence-corrected chi connectivity index (χ4v) is 4.32. The highest BCUT2D eigenvalue weighted by atomic mass is 16.3. The number of nitrogens with one attached hydrogen (secondary N) is 1. The van der Waals surface area contributed by atoms with Gasteiger partial charge in [0, 0.05) is 34.8 Å². The van der Waals surface area contributed by atoms with Gasteiger partial charge < -0.3 is 9.67 Å². The second kappa shape index (κ2) is 9.16. The number of phenolic OH excluding ortho intramolecular Hbond substituents is 1. The highest BCUT2D eigenvalue weighted by Gasteiger charge is 2.10. The molecule has 5 rings (SSSR count). The van der Waals surface area contributed by atoms with Crippen LogP contribution in [-0.4, -0.2) is 21.8 Å². The maximum Gasteiger partial charge on any atom is 0.271 e. The van der Waals surface area contributed by atoms with Crippen LogP contribution in [0.25, 0.3) is 21.7 Å². The van der Waals surface area contributed by atoms with Crippen LogP contribution in [0.15, 0.2) is 90.2 Å². The second-order valence-corrected chi connectivity index (χ2v) is 8.35. The third-order valence-corrected chi connectivity index (χ3v) is 6.17. The van der Waals surface area contributed by atoms with Gasteiger partial charge >= 0.3 is 0 Å². The van der Waals surface area contributed by atoms with E-state index < -0.39 is 5.91 Å². The lowest BCUT2D eigenvalue weighted by Crippen LogP contribution is -2.17. The van der Waals surface area contributed by atoms with Crippen LogP contribution in [0.1, 0.15) is 32.6 Å². The highest BCUT2D eigenvalue weighted by molar-refractivity contribution is 6.00. The smallest absolute Gasteiger partial charge is 0.271 e. The van der Waals surface area contributed by atoms with Gasteiger partial charge in [-0.3, -0.25) is 4.79 Å². The van der Waals surface area contributed by atoms with Crippen molar-refractivity contribution in [2.45, 2.75) is 13.5 Å². The average Bonchev–Trinajstić information content (AvgIpc) is 3.29. The maximum atomic E-state index is 12.4. The Balaban J connectivity index is 1.39. The molecule has 0 aliphatic rings. The van der Waals surface area contributed by atoms with Crippen molar-refractivity contribution in [3.63, 3.8) is 0 Å². The molecule has 0 saturated carbocycles. The molecule has 0 aliphatic heterocycles. The summed E-state index contributed by atoms with van der Waals surface area (Å²) in [6, 6.07) is 26.8. The summed E-state index contributed by atoms with van der Waals surface area (Å²) in [7, 11) is 0. The number of hydrogen-bond acceptors (Lipinski definition) is 4. The molecule has 0 spiro atoms. The number of nitrogens with zero attached hydrogens (tertiary/aromatic N) is 3. The fourth-order valence-electron chi connectivity index (χ4n) is 4.32. The van der Waals surface area contributed by atoms with Gasteiger partial charge in [-0.2, -0.15) is 10.4 Å². The van der Waals surface area contributed by atoms with Crippen molar-refractivity contribution in [1.29, 1.82) is 5.26 Å². The number of aromatic nitrogens is 1. The first-order valence-electron chi connectivity index (χ1n) is 11.2. The number of phenols is 1. The van der Waals surface area contributed by atoms with Gasteiger partial charge in [0.05, 0.1) is 11.8 Å². The zero-order valence-electron chi connectivity index (χ0n) is 19.1. The number of fused-ring (bicyclic) bond motifs is 2. The number of benzene rings is 4. The van der Waals surface area contributed by atoms with E-state index in [0.717, 1.165) is 23.0 Å². The van der Waals surface area contributed by atoms with Crippen LogP contribution >= 0.6 is 0 Å². The first kappa shape index (κ1) is 21.9. The molecule has 1 aromatic heterocycles. The second-order valence-electron chi connectivity index (χ2n) is 8.35. The van der Waals surface area contributed by atoms with Gasteiger partial charge in [-0.25, -0.2) is 5.43 Å². The van der Waals surface area contributed by atoms with Crippen LogP contribution < -0.4 is 5.43 Å². The Morgan fingerprint density at radius 3 is 2.69 bits per heavy atom. The molecule has 1 amide bonds. The maximum absolute atomic E-state index is 12.4. The average molecular weight is 459 g/mol. The van der Waals surface area contributed by atoms with Crippen molar-refractivity contribution in [3.8, 4) is 11.8 Å². The Labute approximate surface area is 202 Å². The van der Waals surface area contributed by atoms with Gasteiger partial charge in [0.1, 0.15) is 11.8 Å². The molecule has 6 heteroatoms. The Hall–Kier alpha value is -4.89. The summed E-state index contributed by atoms with van der Waals surface area (Å²) in [6.45, 7) is 2.87. The Kier molecular flexibility index (Phi) is 5.74. The monoisotopic (exact) mass is 458 g/mol. The summed E-state index contributed by atoms with van der Waals surface area (Å²) >= 11 is 0. The summed E-state index contributed by atoms with van der Waals surface area (Å²) in [5.41, 5.74) is 7.22. The summed E-state index contributed by atoms with van der Waals surface area (Å²) in [4.78, 5) is 12.4. The van der Waals surface area contributed by atoms with E-state index in [1.165, 1.54) is 40.1 Å². The minimum atomic E-state index is -0.464. The Morgan fingerprint density at radius 1 is 1.03 bits per heavy atom. The van der Waals surface area contributed by atoms with Gasteiger partial charge in [0.15, 0.2) is 0 Å². The Bertz CT molecular complexity index is 1660. The van der Waals surface area contributed by atoms with Crippen LogP contribution in [0, 0.1) is 18.3 Å². The van der Waals surface area contributed by atoms with Crippen molar-refractivity contribution in [2.24, 2.45) is 5.10 Å². The summed E-state index contributed by atoms with van der Waals surface area (Å²) in [5.74, 6) is -0.629. The van der Waals surface area contributed by atoms with Crippen molar-refractivity contribution >= 4 is 33.8 Å². The number of amides is 1. The van der Waals surface area contributed by atoms with Crippen LogP contribution in [0.5, 0.6) is 5.75 Å². The molecule has 5 aromatic rings. The molecule has 35 heavy (non-hydrogen) atoms. The standard InChI is InChI=1S/C29H22N4O2/c1-19-9-10-22(25-7-3-2-6-24(19)25)18-33-14-13-26-21(5-4-8-27(26)33)17-31-32-29(35)20-11-12-28(34)23(15-20)16-30/h2-15,17,34H,18H2,1H3,(H,32,35)/b31-17+. The van der Waals surface area contributed by atoms with Crippen molar-refractivity contribution in [2.75, 3.05) is 0 Å². The van der Waals surface area contributed by atoms with E-state index in [4.69, 9.17) is 5.26 Å². The molecule has 0 bridgehead atoms. The van der Waals surface area contributed by atoms with Crippen LogP contribution in [-0.2, 0) is 6.54 Å². The van der Waals surface area contributed by atoms with Gasteiger partial charge in [-0.05, 0) is 59.2 Å². The number of carbonyl (C=O) groups excluding carboxylic acids is 1. The first-order chi connectivity index (χ1) is 17.0. The van der Waals surface area contributed by atoms with E-state index in [2.05, 4.69) is 70.7 Å². The molecule has 170 valence electrons. The highest BCUT2D eigenvalue weighted by Crippen LogP contribution is 2.26. The minimum Gasteiger partial charge on any atom is -0.507 e. The van der Waals surface area contributed by atoms with E-state index in [1.807, 2.05) is 24.3 Å². The molecule has 0 radical (unpaired) electrons. The van der Waals surface area contributed by atoms with Crippen molar-refractivity contribution < 1.29 is 9.90 Å². The van der Waals surface area contributed by atoms with E-state index in [1.54, 1.807) is 6.21 Å². The summed E-state index contributed by atoms with van der Waals surface area (Å²) < 4.78 is 2.21. The molecule has 0 fully saturated rings. The van der Waals surface area contributed by atoms with E-state index >= 15 is 0 Å². The lowest BCUT2D eigenvalue weighted by Gasteiger charge is -2.11. The molecule has 2 N–H and O–H groups in total. The lowest BCUT2D eigenvalue weighted by atomic mass is 10.0. The zero-order chi connectivity index (χ0) is 24.4. The number of carbonyl (C=O) groups is 1. The van der Waals surface area contributed by atoms with Gasteiger partial charge in [-0.15, -0.1) is 0 Å². The predicted molar refractivity (Wildman–Crippen MR) is 138 cm³/mol. The number of aryl methyl sites for hydroxylation is 1. The van der Waals surface area contributed by atoms with Gasteiger partial charge in [-0.1, -0.05) is 48.5 Å². The molecular weight excluding hydrogens is 436 g/mol. The van der Waals surface area contributed by atoms with Crippen LogP contribution in [0.3, 0.4) is 0 Å². The van der Waals surface area contributed by atoms with E-state index in [-0.39, 0.29) is 16.9 Å². The van der Waals surface area contributed by atoms with E-state index in [9.17, 15) is 9.90 Å². The van der Waals surface area contributed by atoms with E-state index in [0.29, 0.717) is 0 Å².